The molecule has 0 saturated heterocycles. The van der Waals surface area contributed by atoms with Gasteiger partial charge in [-0.2, -0.15) is 0 Å². The summed E-state index contributed by atoms with van der Waals surface area (Å²) in [7, 11) is 1.78. The van der Waals surface area contributed by atoms with Gasteiger partial charge in [0.1, 0.15) is 11.8 Å². The predicted molar refractivity (Wildman–Crippen MR) is 51.7 cm³/mol. The van der Waals surface area contributed by atoms with Gasteiger partial charge in [-0.15, -0.1) is 0 Å². The maximum absolute atomic E-state index is 10.7. The molecule has 7 heteroatoms. The van der Waals surface area contributed by atoms with Crippen molar-refractivity contribution < 1.29 is 4.79 Å². The Kier molecular flexibility index (Phi) is 2.08. The topological polar surface area (TPSA) is 86.7 Å². The molecule has 6 nitrogen and oxygen atoms in total. The number of carbonyl (C=O) groups excluding carboxylic acids is 1. The first-order chi connectivity index (χ1) is 6.68. The number of nitrogens with two attached hydrogens (primary N) is 1. The van der Waals surface area contributed by atoms with E-state index in [4.69, 9.17) is 5.73 Å². The number of thioether (sulfide) groups is 1. The molecule has 0 aromatic carbocycles. The fourth-order valence-electron chi connectivity index (χ4n) is 1.09. The van der Waals surface area contributed by atoms with Crippen LogP contribution >= 0.6 is 11.8 Å². The van der Waals surface area contributed by atoms with Gasteiger partial charge in [-0.05, 0) is 0 Å². The SMILES string of the molecule is Cn1c(SC(N)=O)nc2ncncc21. The first kappa shape index (κ1) is 8.95. The van der Waals surface area contributed by atoms with Crippen LogP contribution < -0.4 is 5.73 Å². The summed E-state index contributed by atoms with van der Waals surface area (Å²) in [5.74, 6) is 0. The van der Waals surface area contributed by atoms with Gasteiger partial charge in [-0.1, -0.05) is 0 Å². The number of carbonyl (C=O) groups is 1. The highest BCUT2D eigenvalue weighted by atomic mass is 32.2. The van der Waals surface area contributed by atoms with Gasteiger partial charge < -0.3 is 10.3 Å². The zero-order valence-corrected chi connectivity index (χ0v) is 8.15. The molecule has 72 valence electrons. The molecule has 0 aliphatic carbocycles. The largest absolute Gasteiger partial charge is 0.360 e. The third kappa shape index (κ3) is 1.41. The Hall–Kier alpha value is -1.63. The van der Waals surface area contributed by atoms with Crippen LogP contribution in [0.2, 0.25) is 0 Å². The lowest BCUT2D eigenvalue weighted by molar-refractivity contribution is 0.267. The number of hydrogen-bond acceptors (Lipinski definition) is 5. The van der Waals surface area contributed by atoms with Crippen molar-refractivity contribution in [3.8, 4) is 0 Å². The molecule has 2 aromatic heterocycles. The maximum atomic E-state index is 10.7. The molecule has 0 spiro atoms. The number of primary amides is 1. The average Bonchev–Trinajstić information content (AvgIpc) is 2.44. The number of aryl methyl sites for hydroxylation is 1. The molecular weight excluding hydrogens is 202 g/mol. The van der Waals surface area contributed by atoms with E-state index in [1.165, 1.54) is 6.33 Å². The molecule has 0 fully saturated rings. The Morgan fingerprint density at radius 3 is 3.07 bits per heavy atom. The Bertz CT molecular complexity index is 494. The van der Waals surface area contributed by atoms with Crippen molar-refractivity contribution in [3.05, 3.63) is 12.5 Å². The van der Waals surface area contributed by atoms with Crippen LogP contribution in [0.3, 0.4) is 0 Å². The van der Waals surface area contributed by atoms with Gasteiger partial charge in [0.2, 0.25) is 0 Å². The van der Waals surface area contributed by atoms with E-state index >= 15 is 0 Å². The second-order valence-electron chi connectivity index (χ2n) is 2.61. The third-order valence-corrected chi connectivity index (χ3v) is 2.46. The molecule has 0 saturated carbocycles. The van der Waals surface area contributed by atoms with E-state index in [-0.39, 0.29) is 0 Å². The van der Waals surface area contributed by atoms with E-state index in [0.717, 1.165) is 17.3 Å². The van der Waals surface area contributed by atoms with Crippen molar-refractivity contribution in [3.63, 3.8) is 0 Å². The van der Waals surface area contributed by atoms with E-state index in [1.54, 1.807) is 17.8 Å². The molecular formula is C7H7N5OS. The molecule has 0 aliphatic rings. The molecule has 2 rings (SSSR count). The number of imidazole rings is 1. The zero-order chi connectivity index (χ0) is 10.1. The van der Waals surface area contributed by atoms with E-state index in [9.17, 15) is 4.79 Å². The summed E-state index contributed by atoms with van der Waals surface area (Å²) < 4.78 is 1.73. The minimum absolute atomic E-state index is 0.489. The minimum atomic E-state index is -0.489. The Balaban J connectivity index is 2.57. The second kappa shape index (κ2) is 3.26. The van der Waals surface area contributed by atoms with E-state index in [2.05, 4.69) is 15.0 Å². The summed E-state index contributed by atoms with van der Waals surface area (Å²) in [5.41, 5.74) is 6.39. The lowest BCUT2D eigenvalue weighted by atomic mass is 10.5. The second-order valence-corrected chi connectivity index (χ2v) is 3.58. The molecule has 2 N–H and O–H groups in total. The van der Waals surface area contributed by atoms with E-state index in [1.807, 2.05) is 0 Å². The summed E-state index contributed by atoms with van der Waals surface area (Å²) in [5, 5.41) is 0.0318. The van der Waals surface area contributed by atoms with Gasteiger partial charge in [-0.3, -0.25) is 4.79 Å². The van der Waals surface area contributed by atoms with Crippen LogP contribution in [0.1, 0.15) is 0 Å². The third-order valence-electron chi connectivity index (χ3n) is 1.71. The maximum Gasteiger partial charge on any atom is 0.284 e. The fourth-order valence-corrected chi connectivity index (χ4v) is 1.64. The van der Waals surface area contributed by atoms with Crippen molar-refractivity contribution in [2.24, 2.45) is 12.8 Å². The Labute approximate surface area is 83.5 Å². The summed E-state index contributed by atoms with van der Waals surface area (Å²) >= 11 is 0.874. The molecule has 2 aromatic rings. The molecule has 0 bridgehead atoms. The predicted octanol–water partition coefficient (Wildman–Crippen LogP) is 0.534. The van der Waals surface area contributed by atoms with Crippen LogP contribution in [0.4, 0.5) is 4.79 Å². The first-order valence-corrected chi connectivity index (χ1v) is 4.60. The number of fused-ring (bicyclic) bond motifs is 1. The van der Waals surface area contributed by atoms with E-state index in [0.29, 0.717) is 10.8 Å². The van der Waals surface area contributed by atoms with Gasteiger partial charge in [0.05, 0.1) is 6.20 Å². The number of nitrogens with zero attached hydrogens (tertiary/aromatic N) is 4. The lowest BCUT2D eigenvalue weighted by Crippen LogP contribution is -2.04. The molecule has 14 heavy (non-hydrogen) atoms. The highest BCUT2D eigenvalue weighted by Crippen LogP contribution is 2.20. The van der Waals surface area contributed by atoms with Crippen molar-refractivity contribution in [1.29, 1.82) is 0 Å². The van der Waals surface area contributed by atoms with Crippen molar-refractivity contribution in [2.75, 3.05) is 0 Å². The number of hydrogen-bond donors (Lipinski definition) is 1. The average molecular weight is 209 g/mol. The van der Waals surface area contributed by atoms with Crippen LogP contribution in [0.5, 0.6) is 0 Å². The summed E-state index contributed by atoms with van der Waals surface area (Å²) in [4.78, 5) is 22.7. The Morgan fingerprint density at radius 1 is 1.64 bits per heavy atom. The Morgan fingerprint density at radius 2 is 2.43 bits per heavy atom. The molecule has 2 heterocycles. The lowest BCUT2D eigenvalue weighted by Gasteiger charge is -1.96. The van der Waals surface area contributed by atoms with Gasteiger partial charge in [0.25, 0.3) is 5.24 Å². The molecule has 0 aliphatic heterocycles. The summed E-state index contributed by atoms with van der Waals surface area (Å²) in [6.07, 6.45) is 3.05. The van der Waals surface area contributed by atoms with Crippen LogP contribution in [-0.4, -0.2) is 24.8 Å². The van der Waals surface area contributed by atoms with Crippen LogP contribution in [-0.2, 0) is 7.05 Å². The molecule has 0 atom stereocenters. The minimum Gasteiger partial charge on any atom is -0.360 e. The van der Waals surface area contributed by atoms with Crippen molar-refractivity contribution in [1.82, 2.24) is 19.5 Å². The normalized spacial score (nSPS) is 10.6. The quantitative estimate of drug-likeness (QED) is 0.692. The van der Waals surface area contributed by atoms with Crippen LogP contribution in [0, 0.1) is 0 Å². The first-order valence-electron chi connectivity index (χ1n) is 3.78. The van der Waals surface area contributed by atoms with Gasteiger partial charge >= 0.3 is 0 Å². The smallest absolute Gasteiger partial charge is 0.284 e. The van der Waals surface area contributed by atoms with Gasteiger partial charge in [-0.25, -0.2) is 15.0 Å². The molecule has 1 amide bonds. The molecule has 0 unspecified atom stereocenters. The summed E-state index contributed by atoms with van der Waals surface area (Å²) in [6, 6.07) is 0. The van der Waals surface area contributed by atoms with Crippen molar-refractivity contribution >= 4 is 28.2 Å². The number of amides is 1. The highest BCUT2D eigenvalue weighted by molar-refractivity contribution is 8.13. The van der Waals surface area contributed by atoms with E-state index < -0.39 is 5.24 Å². The van der Waals surface area contributed by atoms with Crippen LogP contribution in [0.25, 0.3) is 11.2 Å². The summed E-state index contributed by atoms with van der Waals surface area (Å²) in [6.45, 7) is 0. The zero-order valence-electron chi connectivity index (χ0n) is 7.34. The van der Waals surface area contributed by atoms with Gasteiger partial charge in [0, 0.05) is 18.8 Å². The molecule has 0 radical (unpaired) electrons. The monoisotopic (exact) mass is 209 g/mol. The highest BCUT2D eigenvalue weighted by Gasteiger charge is 2.10. The number of aromatic nitrogens is 4. The van der Waals surface area contributed by atoms with Crippen molar-refractivity contribution in [2.45, 2.75) is 5.16 Å². The van der Waals surface area contributed by atoms with Crippen LogP contribution in [0.15, 0.2) is 17.7 Å². The fraction of sp³-hybridized carbons (Fsp3) is 0.143. The number of rotatable bonds is 1. The standard InChI is InChI=1S/C7H7N5OS/c1-12-4-2-9-3-10-5(4)11-7(12)14-6(8)13/h2-3H,1H3,(H2,8,13). The van der Waals surface area contributed by atoms with Gasteiger partial charge in [0.15, 0.2) is 10.8 Å².